The zero-order valence-corrected chi connectivity index (χ0v) is 19.7. The van der Waals surface area contributed by atoms with Gasteiger partial charge in [0.25, 0.3) is 5.56 Å². The van der Waals surface area contributed by atoms with Gasteiger partial charge in [-0.1, -0.05) is 59.3 Å². The molecule has 6 rings (SSSR count). The van der Waals surface area contributed by atoms with E-state index in [-0.39, 0.29) is 5.56 Å². The summed E-state index contributed by atoms with van der Waals surface area (Å²) in [7, 11) is 0. The van der Waals surface area contributed by atoms with Crippen LogP contribution in [0.25, 0.3) is 21.7 Å². The highest BCUT2D eigenvalue weighted by atomic mass is 35.5. The van der Waals surface area contributed by atoms with Crippen LogP contribution in [0.2, 0.25) is 5.02 Å². The van der Waals surface area contributed by atoms with E-state index in [9.17, 15) is 4.79 Å². The highest BCUT2D eigenvalue weighted by Gasteiger charge is 2.26. The summed E-state index contributed by atoms with van der Waals surface area (Å²) in [5, 5.41) is 11.3. The zero-order valence-electron chi connectivity index (χ0n) is 17.3. The van der Waals surface area contributed by atoms with Crippen molar-refractivity contribution >= 4 is 50.7 Å². The number of aryl methyl sites for hydroxylation is 3. The van der Waals surface area contributed by atoms with Crippen LogP contribution < -0.4 is 5.56 Å². The van der Waals surface area contributed by atoms with E-state index in [1.165, 1.54) is 10.4 Å². The second-order valence-electron chi connectivity index (χ2n) is 8.01. The molecule has 0 radical (unpaired) electrons. The summed E-state index contributed by atoms with van der Waals surface area (Å²) in [6, 6.07) is 15.8. The molecular weight excluding hydrogens is 460 g/mol. The number of benzene rings is 2. The highest BCUT2D eigenvalue weighted by Crippen LogP contribution is 2.38. The number of fused-ring (bicyclic) bond motifs is 5. The first-order chi connectivity index (χ1) is 15.6. The Bertz CT molecular complexity index is 1550. The lowest BCUT2D eigenvalue weighted by molar-refractivity contribution is 0.910. The van der Waals surface area contributed by atoms with E-state index in [2.05, 4.69) is 14.6 Å². The lowest BCUT2D eigenvalue weighted by Gasteiger charge is -2.10. The van der Waals surface area contributed by atoms with Crippen LogP contribution in [0.5, 0.6) is 0 Å². The molecule has 2 aromatic carbocycles. The Morgan fingerprint density at radius 3 is 2.72 bits per heavy atom. The highest BCUT2D eigenvalue weighted by molar-refractivity contribution is 7.98. The lowest BCUT2D eigenvalue weighted by atomic mass is 10.2. The molecule has 3 aromatic heterocycles. The molecule has 5 nitrogen and oxygen atoms in total. The quantitative estimate of drug-likeness (QED) is 0.304. The van der Waals surface area contributed by atoms with Crippen LogP contribution >= 0.6 is 34.7 Å². The van der Waals surface area contributed by atoms with Crippen molar-refractivity contribution in [2.45, 2.75) is 37.1 Å². The molecule has 0 atom stereocenters. The molecule has 5 aromatic rings. The molecule has 32 heavy (non-hydrogen) atoms. The van der Waals surface area contributed by atoms with E-state index < -0.39 is 0 Å². The van der Waals surface area contributed by atoms with Crippen LogP contribution in [0.3, 0.4) is 0 Å². The second-order valence-corrected chi connectivity index (χ2v) is 10.4. The summed E-state index contributed by atoms with van der Waals surface area (Å²) >= 11 is 9.67. The number of thioether (sulfide) groups is 1. The summed E-state index contributed by atoms with van der Waals surface area (Å²) in [4.78, 5) is 16.0. The Morgan fingerprint density at radius 2 is 1.91 bits per heavy atom. The van der Waals surface area contributed by atoms with E-state index in [0.29, 0.717) is 11.5 Å². The minimum absolute atomic E-state index is 0.00851. The number of thiophene rings is 1. The molecule has 0 saturated heterocycles. The summed E-state index contributed by atoms with van der Waals surface area (Å²) in [5.74, 6) is 1.23. The fraction of sp³-hybridized carbons (Fsp3) is 0.208. The third-order valence-corrected chi connectivity index (χ3v) is 8.57. The Hall–Kier alpha value is -2.61. The summed E-state index contributed by atoms with van der Waals surface area (Å²) in [6.45, 7) is 2.04. The molecule has 1 aliphatic rings. The smallest absolute Gasteiger partial charge is 0.268 e. The van der Waals surface area contributed by atoms with Gasteiger partial charge in [-0.2, -0.15) is 0 Å². The van der Waals surface area contributed by atoms with Gasteiger partial charge in [0, 0.05) is 15.7 Å². The fourth-order valence-corrected chi connectivity index (χ4v) is 6.99. The molecule has 0 amide bonds. The first-order valence-corrected chi connectivity index (χ1v) is 12.7. The van der Waals surface area contributed by atoms with E-state index in [4.69, 9.17) is 11.6 Å². The Balaban J connectivity index is 1.59. The van der Waals surface area contributed by atoms with E-state index in [1.54, 1.807) is 27.7 Å². The number of hydrogen-bond acceptors (Lipinski definition) is 5. The van der Waals surface area contributed by atoms with Gasteiger partial charge in [0.2, 0.25) is 5.78 Å². The normalized spacial score (nSPS) is 13.3. The van der Waals surface area contributed by atoms with Crippen LogP contribution in [0.4, 0.5) is 0 Å². The lowest BCUT2D eigenvalue weighted by Crippen LogP contribution is -2.21. The second kappa shape index (κ2) is 7.76. The van der Waals surface area contributed by atoms with Gasteiger partial charge in [-0.25, -0.2) is 8.97 Å². The van der Waals surface area contributed by atoms with Gasteiger partial charge in [0.1, 0.15) is 4.83 Å². The molecule has 0 unspecified atom stereocenters. The first kappa shape index (κ1) is 20.0. The van der Waals surface area contributed by atoms with Crippen molar-refractivity contribution in [3.63, 3.8) is 0 Å². The van der Waals surface area contributed by atoms with Crippen LogP contribution in [0, 0.1) is 6.92 Å². The van der Waals surface area contributed by atoms with Gasteiger partial charge < -0.3 is 0 Å². The van der Waals surface area contributed by atoms with E-state index in [0.717, 1.165) is 56.5 Å². The van der Waals surface area contributed by atoms with Gasteiger partial charge >= 0.3 is 0 Å². The molecule has 3 heterocycles. The minimum Gasteiger partial charge on any atom is -0.268 e. The SMILES string of the molecule is Cc1ccc(-n2c(=O)c3c4c(sc3n3c(SCc5ccccc5Cl)nnc23)CCC4)cc1. The molecular formula is C24H19ClN4OS2. The van der Waals surface area contributed by atoms with Crippen LogP contribution in [-0.4, -0.2) is 19.2 Å². The third-order valence-electron chi connectivity index (χ3n) is 5.95. The van der Waals surface area contributed by atoms with E-state index in [1.807, 2.05) is 55.5 Å². The predicted molar refractivity (Wildman–Crippen MR) is 132 cm³/mol. The first-order valence-electron chi connectivity index (χ1n) is 10.5. The summed E-state index contributed by atoms with van der Waals surface area (Å²) in [5.41, 5.74) is 4.19. The van der Waals surface area contributed by atoms with E-state index >= 15 is 0 Å². The van der Waals surface area contributed by atoms with Crippen LogP contribution in [-0.2, 0) is 18.6 Å². The third kappa shape index (κ3) is 3.10. The van der Waals surface area contributed by atoms with Crippen LogP contribution in [0.15, 0.2) is 58.5 Å². The van der Waals surface area contributed by atoms with Crippen molar-refractivity contribution in [1.29, 1.82) is 0 Å². The Labute approximate surface area is 197 Å². The van der Waals surface area contributed by atoms with Gasteiger partial charge in [0.15, 0.2) is 5.16 Å². The van der Waals surface area contributed by atoms with Gasteiger partial charge in [-0.05, 0) is 55.5 Å². The summed E-state index contributed by atoms with van der Waals surface area (Å²) < 4.78 is 3.76. The van der Waals surface area contributed by atoms with Crippen molar-refractivity contribution in [1.82, 2.24) is 19.2 Å². The maximum atomic E-state index is 13.7. The maximum absolute atomic E-state index is 13.7. The number of hydrogen-bond donors (Lipinski definition) is 0. The number of halogens is 1. The molecule has 0 saturated carbocycles. The van der Waals surface area contributed by atoms with Gasteiger partial charge in [-0.3, -0.25) is 4.79 Å². The molecule has 0 aliphatic heterocycles. The Kier molecular flexibility index (Phi) is 4.86. The standard InChI is InChI=1S/C24H19ClN4OS2/c1-14-9-11-16(12-10-14)28-21(30)20-17-6-4-8-19(17)32-22(20)29-23(28)26-27-24(29)31-13-15-5-2-3-7-18(15)25/h2-3,5,7,9-12H,4,6,8,13H2,1H3. The monoisotopic (exact) mass is 478 g/mol. The van der Waals surface area contributed by atoms with Crippen molar-refractivity contribution in [3.8, 4) is 5.69 Å². The zero-order chi connectivity index (χ0) is 21.8. The minimum atomic E-state index is -0.00851. The molecule has 1 aliphatic carbocycles. The van der Waals surface area contributed by atoms with Crippen molar-refractivity contribution in [2.24, 2.45) is 0 Å². The van der Waals surface area contributed by atoms with Crippen LogP contribution in [0.1, 0.15) is 28.0 Å². The van der Waals surface area contributed by atoms with Crippen molar-refractivity contribution in [3.05, 3.63) is 85.5 Å². The molecule has 0 bridgehead atoms. The fourth-order valence-electron chi connectivity index (χ4n) is 4.33. The average molecular weight is 479 g/mol. The van der Waals surface area contributed by atoms with Crippen molar-refractivity contribution < 1.29 is 0 Å². The topological polar surface area (TPSA) is 52.2 Å². The Morgan fingerprint density at radius 1 is 1.09 bits per heavy atom. The van der Waals surface area contributed by atoms with Crippen molar-refractivity contribution in [2.75, 3.05) is 0 Å². The van der Waals surface area contributed by atoms with Gasteiger partial charge in [-0.15, -0.1) is 21.5 Å². The number of rotatable bonds is 4. The molecule has 0 spiro atoms. The molecule has 160 valence electrons. The number of nitrogens with zero attached hydrogens (tertiary/aromatic N) is 4. The average Bonchev–Trinajstić information content (AvgIpc) is 3.49. The predicted octanol–water partition coefficient (Wildman–Crippen LogP) is 5.84. The largest absolute Gasteiger partial charge is 0.268 e. The number of aromatic nitrogens is 4. The summed E-state index contributed by atoms with van der Waals surface area (Å²) in [6.07, 6.45) is 3.09. The maximum Gasteiger partial charge on any atom is 0.268 e. The van der Waals surface area contributed by atoms with Gasteiger partial charge in [0.05, 0.1) is 11.1 Å². The molecule has 0 N–H and O–H groups in total. The molecule has 8 heteroatoms. The molecule has 0 fully saturated rings.